The van der Waals surface area contributed by atoms with Gasteiger partial charge in [0.1, 0.15) is 5.69 Å². The first kappa shape index (κ1) is 39.5. The van der Waals surface area contributed by atoms with Crippen molar-refractivity contribution in [1.82, 2.24) is 9.62 Å². The van der Waals surface area contributed by atoms with Crippen LogP contribution in [0.25, 0.3) is 0 Å². The number of nitro groups is 1. The molecule has 11 nitrogen and oxygen atoms in total. The molecule has 0 bridgehead atoms. The second-order valence-corrected chi connectivity index (χ2v) is 15.3. The lowest BCUT2D eigenvalue weighted by Gasteiger charge is -2.34. The topological polar surface area (TPSA) is 151 Å². The van der Waals surface area contributed by atoms with Gasteiger partial charge in [-0.1, -0.05) is 52.3 Å². The van der Waals surface area contributed by atoms with E-state index in [-0.39, 0.29) is 23.0 Å². The Balaban J connectivity index is 0.00000188. The van der Waals surface area contributed by atoms with Crippen LogP contribution in [0.5, 0.6) is 0 Å². The molecule has 1 aliphatic heterocycles. The van der Waals surface area contributed by atoms with Crippen molar-refractivity contribution in [3.8, 4) is 0 Å². The molecule has 1 heterocycles. The van der Waals surface area contributed by atoms with Crippen molar-refractivity contribution in [2.45, 2.75) is 41.0 Å². The minimum absolute atomic E-state index is 0.0484. The van der Waals surface area contributed by atoms with Crippen LogP contribution >= 0.6 is 27.7 Å². The van der Waals surface area contributed by atoms with Crippen molar-refractivity contribution in [1.29, 1.82) is 0 Å². The molecule has 4 aromatic rings. The molecule has 4 N–H and O–H groups in total. The quantitative estimate of drug-likeness (QED) is 0.0541. The van der Waals surface area contributed by atoms with Gasteiger partial charge in [-0.25, -0.2) is 4.21 Å². The Morgan fingerprint density at radius 1 is 1.06 bits per heavy atom. The van der Waals surface area contributed by atoms with Crippen molar-refractivity contribution < 1.29 is 18.7 Å². The lowest BCUT2D eigenvalue weighted by molar-refractivity contribution is -0.384. The molecule has 14 heteroatoms. The summed E-state index contributed by atoms with van der Waals surface area (Å²) in [7, 11) is 1.99. The number of carbonyl (C=O) groups excluding carboxylic acids is 2. The van der Waals surface area contributed by atoms with Crippen LogP contribution in [-0.2, 0) is 15.8 Å². The monoisotopic (exact) mass is 794 g/mol. The van der Waals surface area contributed by atoms with E-state index in [1.165, 1.54) is 11.6 Å². The highest BCUT2D eigenvalue weighted by molar-refractivity contribution is 9.10. The zero-order valence-electron chi connectivity index (χ0n) is 28.6. The molecule has 2 amide bonds. The first-order valence-electron chi connectivity index (χ1n) is 16.4. The number of hydrogen-bond donors (Lipinski definition) is 3. The van der Waals surface area contributed by atoms with Crippen LogP contribution < -0.4 is 20.7 Å². The van der Waals surface area contributed by atoms with Gasteiger partial charge in [-0.05, 0) is 106 Å². The van der Waals surface area contributed by atoms with Gasteiger partial charge in [0.15, 0.2) is 11.0 Å². The number of nitro benzene ring substituents is 1. The Kier molecular flexibility index (Phi) is 15.5. The highest BCUT2D eigenvalue weighted by Crippen LogP contribution is 2.34. The lowest BCUT2D eigenvalue weighted by atomic mass is 9.89. The number of nitrogens with one attached hydrogen (secondary N) is 2. The van der Waals surface area contributed by atoms with Crippen LogP contribution in [0.2, 0.25) is 0 Å². The maximum atomic E-state index is 13.2. The molecule has 1 aliphatic rings. The van der Waals surface area contributed by atoms with E-state index in [2.05, 4.69) is 59.7 Å². The zero-order chi connectivity index (χ0) is 36.8. The normalized spacial score (nSPS) is 14.2. The molecule has 270 valence electrons. The summed E-state index contributed by atoms with van der Waals surface area (Å²) in [5, 5.41) is 15.4. The predicted octanol–water partition coefficient (Wildman–Crippen LogP) is 6.82. The third kappa shape index (κ3) is 11.9. The predicted molar refractivity (Wildman–Crippen MR) is 210 cm³/mol. The second kappa shape index (κ2) is 20.0. The van der Waals surface area contributed by atoms with Crippen LogP contribution in [0.15, 0.2) is 111 Å². The fraction of sp³-hybridized carbons (Fsp3) is 0.297. The number of halogens is 1. The van der Waals surface area contributed by atoms with E-state index < -0.39 is 21.8 Å². The summed E-state index contributed by atoms with van der Waals surface area (Å²) in [4.78, 5) is 38.9. The zero-order valence-corrected chi connectivity index (χ0v) is 31.8. The van der Waals surface area contributed by atoms with E-state index in [1.54, 1.807) is 36.0 Å². The number of hydrogen-bond acceptors (Lipinski definition) is 9. The first-order chi connectivity index (χ1) is 24.6. The third-order valence-electron chi connectivity index (χ3n) is 8.38. The molecule has 1 saturated heterocycles. The van der Waals surface area contributed by atoms with E-state index in [4.69, 9.17) is 4.79 Å². The van der Waals surface area contributed by atoms with Crippen LogP contribution in [0.3, 0.4) is 0 Å². The number of nitrogens with two attached hydrogens (primary N) is 1. The standard InChI is InChI=1S/C36H40BrN5O4S2.CH3NO/c1-40(2)21-20-28(25-47-30-8-4-3-5-9-30)38-34-17-16-31(24-35(34)42(44)45)48(46)39-36(43)27-12-14-29(15-13-27)41-22-18-26(19-23-41)32-10-6-7-11-33(32)37;2-1-3/h3-17,24,26,28,38H,18-23,25H2,1-2H3,(H,39,43);1H,(H2,2,3). The summed E-state index contributed by atoms with van der Waals surface area (Å²) < 4.78 is 16.8. The summed E-state index contributed by atoms with van der Waals surface area (Å²) in [6.07, 6.45) is 3.10. The van der Waals surface area contributed by atoms with E-state index in [9.17, 15) is 19.1 Å². The van der Waals surface area contributed by atoms with Crippen molar-refractivity contribution in [2.75, 3.05) is 49.7 Å². The SMILES string of the molecule is CN(C)CCC(CSc1ccccc1)Nc1ccc(S(=O)NC(=O)c2ccc(N3CCC(c4ccccc4Br)CC3)cc2)cc1[N+](=O)[O-].NC=O. The number of primary amides is 1. The molecule has 5 rings (SSSR count). The number of rotatable bonds is 14. The summed E-state index contributed by atoms with van der Waals surface area (Å²) >= 11 is 5.36. The minimum Gasteiger partial charge on any atom is -0.376 e. The molecule has 0 saturated carbocycles. The van der Waals surface area contributed by atoms with Crippen molar-refractivity contribution in [2.24, 2.45) is 5.73 Å². The minimum atomic E-state index is -1.99. The number of thioether (sulfide) groups is 1. The Bertz CT molecular complexity index is 1770. The summed E-state index contributed by atoms with van der Waals surface area (Å²) in [6.45, 7) is 2.63. The van der Waals surface area contributed by atoms with Crippen molar-refractivity contribution >= 4 is 68.1 Å². The molecule has 0 radical (unpaired) electrons. The first-order valence-corrected chi connectivity index (χ1v) is 19.4. The van der Waals surface area contributed by atoms with Crippen molar-refractivity contribution in [3.63, 3.8) is 0 Å². The molecule has 2 unspecified atom stereocenters. The van der Waals surface area contributed by atoms with Gasteiger partial charge in [0.05, 0.1) is 9.82 Å². The molecular weight excluding hydrogens is 752 g/mol. The fourth-order valence-corrected chi connectivity index (χ4v) is 8.14. The molecule has 0 spiro atoms. The smallest absolute Gasteiger partial charge is 0.293 e. The largest absolute Gasteiger partial charge is 0.376 e. The Hall–Kier alpha value is -4.24. The van der Waals surface area contributed by atoms with Crippen molar-refractivity contribution in [3.05, 3.63) is 123 Å². The lowest BCUT2D eigenvalue weighted by Crippen LogP contribution is -2.33. The van der Waals surface area contributed by atoms with Crippen LogP contribution in [-0.4, -0.2) is 71.9 Å². The maximum absolute atomic E-state index is 13.2. The molecule has 0 aromatic heterocycles. The molecule has 0 aliphatic carbocycles. The molecule has 2 atom stereocenters. The average molecular weight is 796 g/mol. The molecule has 4 aromatic carbocycles. The summed E-state index contributed by atoms with van der Waals surface area (Å²) in [5.74, 6) is 0.696. The van der Waals surface area contributed by atoms with Crippen LogP contribution in [0.1, 0.15) is 41.1 Å². The van der Waals surface area contributed by atoms with E-state index >= 15 is 0 Å². The van der Waals surface area contributed by atoms with Gasteiger partial charge < -0.3 is 20.9 Å². The van der Waals surface area contributed by atoms with Gasteiger partial charge in [-0.15, -0.1) is 11.8 Å². The van der Waals surface area contributed by atoms with E-state index in [1.807, 2.05) is 62.6 Å². The average Bonchev–Trinajstić information content (AvgIpc) is 3.13. The van der Waals surface area contributed by atoms with Gasteiger partial charge in [0.2, 0.25) is 6.41 Å². The number of piperidine rings is 1. The number of nitrogens with zero attached hydrogens (tertiary/aromatic N) is 3. The van der Waals surface area contributed by atoms with Gasteiger partial charge in [0, 0.05) is 51.6 Å². The Morgan fingerprint density at radius 3 is 2.33 bits per heavy atom. The molecular formula is C37H43BrN6O5S2. The van der Waals surface area contributed by atoms with Gasteiger partial charge in [-0.2, -0.15) is 0 Å². The molecule has 51 heavy (non-hydrogen) atoms. The number of benzene rings is 4. The highest BCUT2D eigenvalue weighted by atomic mass is 79.9. The van der Waals surface area contributed by atoms with Gasteiger partial charge in [0.25, 0.3) is 11.6 Å². The van der Waals surface area contributed by atoms with Crippen LogP contribution in [0.4, 0.5) is 17.1 Å². The summed E-state index contributed by atoms with van der Waals surface area (Å²) in [5.41, 5.74) is 7.06. The Morgan fingerprint density at radius 2 is 1.71 bits per heavy atom. The Labute approximate surface area is 314 Å². The van der Waals surface area contributed by atoms with Gasteiger partial charge >= 0.3 is 0 Å². The highest BCUT2D eigenvalue weighted by Gasteiger charge is 2.24. The third-order valence-corrected chi connectivity index (χ3v) is 11.3. The van der Waals surface area contributed by atoms with Gasteiger partial charge in [-0.3, -0.25) is 24.4 Å². The number of amides is 2. The van der Waals surface area contributed by atoms with Crippen LogP contribution in [0, 0.1) is 10.1 Å². The fourth-order valence-electron chi connectivity index (χ4n) is 5.73. The van der Waals surface area contributed by atoms with E-state index in [0.717, 1.165) is 54.0 Å². The second-order valence-electron chi connectivity index (χ2n) is 12.2. The van der Waals surface area contributed by atoms with E-state index in [0.29, 0.717) is 22.9 Å². The maximum Gasteiger partial charge on any atom is 0.293 e. The number of anilines is 2. The molecule has 1 fully saturated rings. The summed E-state index contributed by atoms with van der Waals surface area (Å²) in [6, 6.07) is 30.0. The number of carbonyl (C=O) groups is 2.